The van der Waals surface area contributed by atoms with Crippen molar-refractivity contribution in [1.29, 1.82) is 0 Å². The lowest BCUT2D eigenvalue weighted by molar-refractivity contribution is -0.374. The van der Waals surface area contributed by atoms with E-state index in [-0.39, 0.29) is 5.56 Å². The topological polar surface area (TPSA) is 175 Å². The predicted molar refractivity (Wildman–Crippen MR) is 164 cm³/mol. The van der Waals surface area contributed by atoms with Crippen molar-refractivity contribution in [1.82, 2.24) is 0 Å². The highest BCUT2D eigenvalue weighted by atomic mass is 16.6. The van der Waals surface area contributed by atoms with E-state index in [1.165, 1.54) is 32.1 Å². The molecule has 3 N–H and O–H groups in total. The Morgan fingerprint density at radius 2 is 1.34 bits per heavy atom. The maximum absolute atomic E-state index is 13.7. The van der Waals surface area contributed by atoms with Crippen LogP contribution in [0.5, 0.6) is 0 Å². The molecular weight excluding hydrogens is 612 g/mol. The van der Waals surface area contributed by atoms with Crippen molar-refractivity contribution in [2.45, 2.75) is 95.0 Å². The van der Waals surface area contributed by atoms with Gasteiger partial charge in [0.1, 0.15) is 17.3 Å². The molecule has 0 amide bonds. The van der Waals surface area contributed by atoms with Crippen LogP contribution in [0, 0.1) is 11.3 Å². The summed E-state index contributed by atoms with van der Waals surface area (Å²) >= 11 is 0. The van der Waals surface area contributed by atoms with E-state index in [0.29, 0.717) is 5.56 Å². The molecule has 0 radical (unpaired) electrons. The quantitative estimate of drug-likeness (QED) is 0.227. The van der Waals surface area contributed by atoms with Crippen LogP contribution < -0.4 is 0 Å². The molecule has 1 aliphatic heterocycles. The van der Waals surface area contributed by atoms with Gasteiger partial charge in [-0.25, -0.2) is 9.59 Å². The van der Waals surface area contributed by atoms with Gasteiger partial charge in [0.25, 0.3) is 0 Å². The van der Waals surface area contributed by atoms with Crippen molar-refractivity contribution >= 4 is 30.0 Å². The molecule has 2 aliphatic carbocycles. The first-order chi connectivity index (χ1) is 22.0. The molecule has 2 aromatic carbocycles. The Labute approximate surface area is 272 Å². The van der Waals surface area contributed by atoms with Crippen molar-refractivity contribution in [3.05, 3.63) is 77.9 Å². The molecule has 0 unspecified atom stereocenters. The Balaban J connectivity index is 1.73. The molecule has 5 rings (SSSR count). The molecule has 3 fully saturated rings. The molecule has 12 heteroatoms. The fourth-order valence-corrected chi connectivity index (χ4v) is 8.02. The molecule has 0 aromatic heterocycles. The summed E-state index contributed by atoms with van der Waals surface area (Å²) in [4.78, 5) is 52.2. The van der Waals surface area contributed by atoms with E-state index >= 15 is 0 Å². The van der Waals surface area contributed by atoms with Crippen LogP contribution in [0.4, 0.5) is 0 Å². The average Bonchev–Trinajstić information content (AvgIpc) is 3.21. The lowest BCUT2D eigenvalue weighted by Gasteiger charge is -2.66. The minimum Gasteiger partial charge on any atom is -0.456 e. The predicted octanol–water partition coefficient (Wildman–Crippen LogP) is 2.37. The van der Waals surface area contributed by atoms with Gasteiger partial charge in [-0.2, -0.15) is 0 Å². The third-order valence-corrected chi connectivity index (χ3v) is 9.84. The zero-order chi connectivity index (χ0) is 34.5. The van der Waals surface area contributed by atoms with Crippen LogP contribution in [-0.2, 0) is 38.1 Å². The van der Waals surface area contributed by atoms with Crippen LogP contribution in [0.3, 0.4) is 0 Å². The second kappa shape index (κ2) is 12.2. The first kappa shape index (κ1) is 34.2. The summed E-state index contributed by atoms with van der Waals surface area (Å²) in [7, 11) is 0. The first-order valence-corrected chi connectivity index (χ1v) is 15.3. The summed E-state index contributed by atoms with van der Waals surface area (Å²) in [5.41, 5.74) is -7.31. The van der Waals surface area contributed by atoms with Crippen molar-refractivity contribution in [3.63, 3.8) is 0 Å². The van der Waals surface area contributed by atoms with E-state index in [0.717, 1.165) is 19.9 Å². The van der Waals surface area contributed by atoms with Crippen molar-refractivity contribution in [3.8, 4) is 0 Å². The second-order valence-corrected chi connectivity index (χ2v) is 13.2. The Morgan fingerprint density at radius 1 is 0.766 bits per heavy atom. The number of fused-ring (bicyclic) bond motifs is 1. The molecule has 1 saturated heterocycles. The molecule has 1 heterocycles. The van der Waals surface area contributed by atoms with Crippen LogP contribution in [0.15, 0.2) is 66.7 Å². The van der Waals surface area contributed by atoms with Gasteiger partial charge in [0.2, 0.25) is 0 Å². The number of aliphatic hydroxyl groups excluding tert-OH is 2. The van der Waals surface area contributed by atoms with Crippen LogP contribution in [0.2, 0.25) is 0 Å². The number of benzene rings is 2. The zero-order valence-electron chi connectivity index (χ0n) is 27.0. The lowest BCUT2D eigenvalue weighted by atomic mass is 9.45. The monoisotopic (exact) mass is 652 g/mol. The minimum atomic E-state index is -2.40. The molecule has 252 valence electrons. The number of hydrogen-bond acceptors (Lipinski definition) is 12. The highest BCUT2D eigenvalue weighted by Gasteiger charge is 2.87. The molecule has 10 atom stereocenters. The number of rotatable bonds is 7. The van der Waals surface area contributed by atoms with Crippen LogP contribution in [0.1, 0.15) is 57.5 Å². The molecule has 47 heavy (non-hydrogen) atoms. The Kier molecular flexibility index (Phi) is 8.86. The molecule has 1 spiro atoms. The standard InChI is InChI=1S/C35H40O12/c1-19(36)43-26-29(46-31(41)22-15-11-8-12-16-22)33(5)28(45-23(38)18-17-21-13-9-7-10-14-21)25(39)24-27(40)35(33,47-32(24,3)4)34(6,42)30(26)44-20(2)37/h7-18,24-30,39-40,42H,1-6H3/b18-17+/t24-,25+,26+,27-,28+,29+,30+,33-,34+,35-/m1/s1. The van der Waals surface area contributed by atoms with Crippen LogP contribution in [0.25, 0.3) is 6.08 Å². The normalized spacial score (nSPS) is 37.0. The van der Waals surface area contributed by atoms with Crippen molar-refractivity contribution in [2.75, 3.05) is 0 Å². The van der Waals surface area contributed by atoms with E-state index in [4.69, 9.17) is 23.7 Å². The fraction of sp³-hybridized carbons (Fsp3) is 0.486. The molecule has 2 aromatic rings. The number of carbonyl (C=O) groups excluding carboxylic acids is 4. The summed E-state index contributed by atoms with van der Waals surface area (Å²) in [5, 5.41) is 36.6. The largest absolute Gasteiger partial charge is 0.456 e. The lowest BCUT2D eigenvalue weighted by Crippen LogP contribution is -2.87. The molecule has 2 saturated carbocycles. The van der Waals surface area contributed by atoms with E-state index in [1.54, 1.807) is 56.3 Å². The van der Waals surface area contributed by atoms with E-state index in [2.05, 4.69) is 0 Å². The van der Waals surface area contributed by atoms with Gasteiger partial charge in [-0.3, -0.25) is 9.59 Å². The first-order valence-electron chi connectivity index (χ1n) is 15.3. The minimum absolute atomic E-state index is 0.0925. The van der Waals surface area contributed by atoms with E-state index < -0.39 is 88.6 Å². The Bertz CT molecular complexity index is 1550. The van der Waals surface area contributed by atoms with Gasteiger partial charge in [0.05, 0.1) is 28.8 Å². The van der Waals surface area contributed by atoms with Gasteiger partial charge < -0.3 is 39.0 Å². The highest BCUT2D eigenvalue weighted by molar-refractivity contribution is 5.89. The number of aliphatic hydroxyl groups is 3. The third kappa shape index (κ3) is 5.42. The maximum Gasteiger partial charge on any atom is 0.338 e. The van der Waals surface area contributed by atoms with Gasteiger partial charge >= 0.3 is 23.9 Å². The zero-order valence-corrected chi connectivity index (χ0v) is 27.0. The number of carbonyl (C=O) groups is 4. The fourth-order valence-electron chi connectivity index (χ4n) is 8.02. The number of ether oxygens (including phenoxy) is 5. The highest BCUT2D eigenvalue weighted by Crippen LogP contribution is 2.68. The number of hydrogen-bond donors (Lipinski definition) is 3. The molecule has 12 nitrogen and oxygen atoms in total. The van der Waals surface area contributed by atoms with E-state index in [9.17, 15) is 34.5 Å². The summed E-state index contributed by atoms with van der Waals surface area (Å²) in [6, 6.07) is 16.7. The number of esters is 4. The molecule has 3 aliphatic rings. The molecule has 2 bridgehead atoms. The van der Waals surface area contributed by atoms with E-state index in [1.807, 2.05) is 6.07 Å². The smallest absolute Gasteiger partial charge is 0.338 e. The Morgan fingerprint density at radius 3 is 1.91 bits per heavy atom. The van der Waals surface area contributed by atoms with Crippen molar-refractivity contribution < 1.29 is 58.2 Å². The second-order valence-electron chi connectivity index (χ2n) is 13.2. The van der Waals surface area contributed by atoms with Crippen LogP contribution in [-0.4, -0.2) is 92.6 Å². The van der Waals surface area contributed by atoms with Crippen molar-refractivity contribution in [2.24, 2.45) is 11.3 Å². The van der Waals surface area contributed by atoms with Gasteiger partial charge in [-0.15, -0.1) is 0 Å². The average molecular weight is 653 g/mol. The van der Waals surface area contributed by atoms with Gasteiger partial charge in [0.15, 0.2) is 18.3 Å². The van der Waals surface area contributed by atoms with Gasteiger partial charge in [0, 0.05) is 25.8 Å². The maximum atomic E-state index is 13.7. The Hall–Kier alpha value is -4.10. The molecular formula is C35H40O12. The summed E-state index contributed by atoms with van der Waals surface area (Å²) in [6.07, 6.45) is -7.56. The third-order valence-electron chi connectivity index (χ3n) is 9.84. The van der Waals surface area contributed by atoms with Crippen LogP contribution >= 0.6 is 0 Å². The summed E-state index contributed by atoms with van der Waals surface area (Å²) in [6.45, 7) is 7.96. The summed E-state index contributed by atoms with van der Waals surface area (Å²) < 4.78 is 29.9. The SMILES string of the molecule is CC(=O)O[C@H]1[C@H](OC(=O)c2ccccc2)[C@@]2(C)[C@@H](OC(=O)/C=C/c3ccccc3)[C@@H](O)[C@@H]3[C@@H](O)[C@]2(OC3(C)C)[C@@](C)(O)[C@H]1OC(C)=O. The summed E-state index contributed by atoms with van der Waals surface area (Å²) in [5.74, 6) is -4.74. The van der Waals surface area contributed by atoms with Gasteiger partial charge in [-0.1, -0.05) is 48.5 Å². The van der Waals surface area contributed by atoms with Gasteiger partial charge in [-0.05, 0) is 51.5 Å².